The van der Waals surface area contributed by atoms with Gasteiger partial charge < -0.3 is 20.1 Å². The summed E-state index contributed by atoms with van der Waals surface area (Å²) in [6.45, 7) is 2.34. The maximum Gasteiger partial charge on any atom is 0.329 e. The summed E-state index contributed by atoms with van der Waals surface area (Å²) in [6, 6.07) is -0.273. The van der Waals surface area contributed by atoms with Crippen LogP contribution in [0, 0.1) is 0 Å². The Hall–Kier alpha value is -1.30. The second-order valence-corrected chi connectivity index (χ2v) is 4.98. The number of rotatable bonds is 2. The molecule has 2 rings (SSSR count). The molecular formula is C12H20N2O4. The Balaban J connectivity index is 1.98. The number of nitrogens with zero attached hydrogens (tertiary/aromatic N) is 1. The van der Waals surface area contributed by atoms with Crippen molar-refractivity contribution in [3.63, 3.8) is 0 Å². The van der Waals surface area contributed by atoms with Crippen molar-refractivity contribution in [2.45, 2.75) is 37.6 Å². The van der Waals surface area contributed by atoms with Crippen molar-refractivity contribution in [3.8, 4) is 0 Å². The number of carbonyl (C=O) groups excluding carboxylic acids is 1. The standard InChI is InChI=1S/C12H20N2O4/c15-10(16)12(4-1-2-5-12)13-11(17)14-6-3-8-18-9-7-14/h1-9H2,(H,13,17)(H,15,16). The van der Waals surface area contributed by atoms with Crippen LogP contribution in [-0.2, 0) is 9.53 Å². The summed E-state index contributed by atoms with van der Waals surface area (Å²) in [5, 5.41) is 12.0. The molecule has 1 aliphatic heterocycles. The summed E-state index contributed by atoms with van der Waals surface area (Å²) >= 11 is 0. The third kappa shape index (κ3) is 2.75. The molecule has 2 amide bonds. The van der Waals surface area contributed by atoms with Crippen LogP contribution < -0.4 is 5.32 Å². The average Bonchev–Trinajstić information content (AvgIpc) is 2.65. The molecule has 0 aromatic heterocycles. The van der Waals surface area contributed by atoms with Crippen LogP contribution in [0.4, 0.5) is 4.79 Å². The lowest BCUT2D eigenvalue weighted by Gasteiger charge is -2.29. The van der Waals surface area contributed by atoms with Crippen molar-refractivity contribution >= 4 is 12.0 Å². The third-order valence-corrected chi connectivity index (χ3v) is 3.72. The molecule has 0 radical (unpaired) electrons. The SMILES string of the molecule is O=C(NC1(C(=O)O)CCCC1)N1CCCOCC1. The fraction of sp³-hybridized carbons (Fsp3) is 0.833. The van der Waals surface area contributed by atoms with Crippen LogP contribution in [0.3, 0.4) is 0 Å². The first kappa shape index (κ1) is 13.1. The van der Waals surface area contributed by atoms with E-state index in [9.17, 15) is 14.7 Å². The number of urea groups is 1. The first-order valence-corrected chi connectivity index (χ1v) is 6.52. The van der Waals surface area contributed by atoms with E-state index in [1.807, 2.05) is 0 Å². The molecule has 1 saturated heterocycles. The van der Waals surface area contributed by atoms with E-state index in [0.717, 1.165) is 19.3 Å². The molecule has 2 aliphatic rings. The highest BCUT2D eigenvalue weighted by molar-refractivity contribution is 5.86. The minimum absolute atomic E-state index is 0.273. The van der Waals surface area contributed by atoms with Gasteiger partial charge in [-0.3, -0.25) is 0 Å². The van der Waals surface area contributed by atoms with Gasteiger partial charge in [0.2, 0.25) is 0 Å². The number of hydrogen-bond donors (Lipinski definition) is 2. The lowest BCUT2D eigenvalue weighted by atomic mass is 9.98. The van der Waals surface area contributed by atoms with Crippen molar-refractivity contribution in [3.05, 3.63) is 0 Å². The highest BCUT2D eigenvalue weighted by Gasteiger charge is 2.43. The van der Waals surface area contributed by atoms with Crippen LogP contribution in [0.25, 0.3) is 0 Å². The quantitative estimate of drug-likeness (QED) is 0.766. The predicted octanol–water partition coefficient (Wildman–Crippen LogP) is 0.816. The zero-order valence-electron chi connectivity index (χ0n) is 10.5. The Kier molecular flexibility index (Phi) is 4.06. The van der Waals surface area contributed by atoms with Gasteiger partial charge in [-0.1, -0.05) is 12.8 Å². The number of ether oxygens (including phenoxy) is 1. The van der Waals surface area contributed by atoms with E-state index in [1.165, 1.54) is 0 Å². The van der Waals surface area contributed by atoms with Gasteiger partial charge in [-0.2, -0.15) is 0 Å². The Morgan fingerprint density at radius 3 is 2.50 bits per heavy atom. The lowest BCUT2D eigenvalue weighted by Crippen LogP contribution is -2.56. The van der Waals surface area contributed by atoms with Crippen molar-refractivity contribution in [1.29, 1.82) is 0 Å². The molecule has 6 nitrogen and oxygen atoms in total. The molecule has 102 valence electrons. The van der Waals surface area contributed by atoms with Gasteiger partial charge in [0.1, 0.15) is 5.54 Å². The van der Waals surface area contributed by atoms with E-state index < -0.39 is 11.5 Å². The van der Waals surface area contributed by atoms with E-state index in [4.69, 9.17) is 4.74 Å². The van der Waals surface area contributed by atoms with Crippen molar-refractivity contribution in [2.24, 2.45) is 0 Å². The van der Waals surface area contributed by atoms with E-state index in [-0.39, 0.29) is 6.03 Å². The van der Waals surface area contributed by atoms with Gasteiger partial charge in [-0.15, -0.1) is 0 Å². The Morgan fingerprint density at radius 2 is 1.83 bits per heavy atom. The molecule has 1 aliphatic carbocycles. The number of nitrogens with one attached hydrogen (secondary N) is 1. The maximum absolute atomic E-state index is 12.1. The number of aliphatic carboxylic acids is 1. The zero-order chi connectivity index (χ0) is 13.0. The van der Waals surface area contributed by atoms with Gasteiger partial charge in [0.05, 0.1) is 6.61 Å². The van der Waals surface area contributed by atoms with Crippen LogP contribution in [-0.4, -0.2) is 53.8 Å². The largest absolute Gasteiger partial charge is 0.480 e. The maximum atomic E-state index is 12.1. The van der Waals surface area contributed by atoms with Crippen LogP contribution in [0.1, 0.15) is 32.1 Å². The molecule has 0 aromatic carbocycles. The van der Waals surface area contributed by atoms with Crippen LogP contribution in [0.2, 0.25) is 0 Å². The Labute approximate surface area is 106 Å². The van der Waals surface area contributed by atoms with Gasteiger partial charge in [-0.25, -0.2) is 9.59 Å². The molecule has 18 heavy (non-hydrogen) atoms. The molecule has 2 fully saturated rings. The second-order valence-electron chi connectivity index (χ2n) is 4.98. The lowest BCUT2D eigenvalue weighted by molar-refractivity contribution is -0.144. The number of carbonyl (C=O) groups is 2. The number of carboxylic acid groups (broad SMARTS) is 1. The number of hydrogen-bond acceptors (Lipinski definition) is 3. The smallest absolute Gasteiger partial charge is 0.329 e. The number of carboxylic acids is 1. The van der Waals surface area contributed by atoms with E-state index in [2.05, 4.69) is 5.32 Å². The molecule has 6 heteroatoms. The molecule has 0 spiro atoms. The number of amides is 2. The van der Waals surface area contributed by atoms with Crippen molar-refractivity contribution in [1.82, 2.24) is 10.2 Å². The fourth-order valence-electron chi connectivity index (χ4n) is 2.60. The van der Waals surface area contributed by atoms with Gasteiger partial charge >= 0.3 is 12.0 Å². The van der Waals surface area contributed by atoms with Crippen molar-refractivity contribution in [2.75, 3.05) is 26.3 Å². The van der Waals surface area contributed by atoms with Gasteiger partial charge in [0, 0.05) is 19.7 Å². The predicted molar refractivity (Wildman–Crippen MR) is 64.4 cm³/mol. The van der Waals surface area contributed by atoms with Crippen LogP contribution >= 0.6 is 0 Å². The molecule has 1 saturated carbocycles. The summed E-state index contributed by atoms with van der Waals surface area (Å²) in [4.78, 5) is 25.1. The highest BCUT2D eigenvalue weighted by Crippen LogP contribution is 2.30. The summed E-state index contributed by atoms with van der Waals surface area (Å²) in [6.07, 6.45) is 3.57. The molecular weight excluding hydrogens is 236 g/mol. The van der Waals surface area contributed by atoms with Crippen molar-refractivity contribution < 1.29 is 19.4 Å². The first-order chi connectivity index (χ1) is 8.64. The third-order valence-electron chi connectivity index (χ3n) is 3.72. The normalized spacial score (nSPS) is 23.4. The average molecular weight is 256 g/mol. The van der Waals surface area contributed by atoms with E-state index in [0.29, 0.717) is 39.1 Å². The van der Waals surface area contributed by atoms with Gasteiger partial charge in [-0.05, 0) is 19.3 Å². The monoisotopic (exact) mass is 256 g/mol. The van der Waals surface area contributed by atoms with E-state index in [1.54, 1.807) is 4.90 Å². The van der Waals surface area contributed by atoms with Crippen LogP contribution in [0.5, 0.6) is 0 Å². The molecule has 1 heterocycles. The topological polar surface area (TPSA) is 78.9 Å². The zero-order valence-corrected chi connectivity index (χ0v) is 10.5. The molecule has 0 atom stereocenters. The Bertz CT molecular complexity index is 318. The minimum atomic E-state index is -1.05. The summed E-state index contributed by atoms with van der Waals surface area (Å²) < 4.78 is 5.28. The molecule has 0 bridgehead atoms. The highest BCUT2D eigenvalue weighted by atomic mass is 16.5. The summed E-state index contributed by atoms with van der Waals surface area (Å²) in [7, 11) is 0. The van der Waals surface area contributed by atoms with Crippen LogP contribution in [0.15, 0.2) is 0 Å². The Morgan fingerprint density at radius 1 is 1.11 bits per heavy atom. The summed E-state index contributed by atoms with van der Waals surface area (Å²) in [5.74, 6) is -0.917. The van der Waals surface area contributed by atoms with E-state index >= 15 is 0 Å². The minimum Gasteiger partial charge on any atom is -0.480 e. The molecule has 0 aromatic rings. The first-order valence-electron chi connectivity index (χ1n) is 6.52. The second kappa shape index (κ2) is 5.56. The van der Waals surface area contributed by atoms with Gasteiger partial charge in [0.25, 0.3) is 0 Å². The summed E-state index contributed by atoms with van der Waals surface area (Å²) in [5.41, 5.74) is -1.05. The molecule has 0 unspecified atom stereocenters. The fourth-order valence-corrected chi connectivity index (χ4v) is 2.60. The van der Waals surface area contributed by atoms with Gasteiger partial charge in [0.15, 0.2) is 0 Å². The molecule has 2 N–H and O–H groups in total.